The third-order valence-electron chi connectivity index (χ3n) is 3.79. The van der Waals surface area contributed by atoms with E-state index in [1.807, 2.05) is 22.8 Å². The zero-order valence-electron chi connectivity index (χ0n) is 13.4. The Labute approximate surface area is 123 Å². The Hall–Kier alpha value is -2.27. The quantitative estimate of drug-likeness (QED) is 0.409. The highest BCUT2D eigenvalue weighted by molar-refractivity contribution is 7.22. The van der Waals surface area contributed by atoms with E-state index in [9.17, 15) is 0 Å². The lowest BCUT2D eigenvalue weighted by Gasteiger charge is -1.92. The Kier molecular flexibility index (Phi) is 1.39. The van der Waals surface area contributed by atoms with Crippen molar-refractivity contribution >= 4 is 32.7 Å². The molecular weight excluding hydrogens is 268 g/mol. The Morgan fingerprint density at radius 3 is 3.15 bits per heavy atom. The lowest BCUT2D eigenvalue weighted by molar-refractivity contribution is -0.645. The van der Waals surface area contributed by atoms with E-state index in [0.717, 1.165) is 26.5 Å². The van der Waals surface area contributed by atoms with Crippen LogP contribution >= 0.6 is 11.3 Å². The first-order chi connectivity index (χ1) is 11.1. The summed E-state index contributed by atoms with van der Waals surface area (Å²) in [7, 11) is 0. The largest absolute Gasteiger partial charge is 0.303 e. The van der Waals surface area contributed by atoms with Gasteiger partial charge < -0.3 is 0 Å². The van der Waals surface area contributed by atoms with Gasteiger partial charge in [0, 0.05) is 12.4 Å². The molecule has 5 heteroatoms. The molecule has 0 saturated heterocycles. The van der Waals surface area contributed by atoms with Crippen molar-refractivity contribution in [3.8, 4) is 10.6 Å². The molecule has 4 nitrogen and oxygen atoms in total. The first-order valence-corrected chi connectivity index (χ1v) is 7.14. The first-order valence-electron chi connectivity index (χ1n) is 7.82. The minimum atomic E-state index is -2.26. The first kappa shape index (κ1) is 8.11. The predicted octanol–water partition coefficient (Wildman–Crippen LogP) is 2.50. The molecule has 0 unspecified atom stereocenters. The molecule has 1 aliphatic rings. The van der Waals surface area contributed by atoms with Crippen LogP contribution in [0, 0.1) is 0 Å². The molecule has 4 aromatic heterocycles. The second-order valence-electron chi connectivity index (χ2n) is 4.85. The molecule has 4 aromatic rings. The van der Waals surface area contributed by atoms with Crippen molar-refractivity contribution in [1.82, 2.24) is 14.5 Å². The summed E-state index contributed by atoms with van der Waals surface area (Å²) in [4.78, 5) is 8.84. The lowest BCUT2D eigenvalue weighted by atomic mass is 10.2. The minimum Gasteiger partial charge on any atom is -0.256 e. The molecule has 0 saturated carbocycles. The van der Waals surface area contributed by atoms with E-state index in [2.05, 4.69) is 9.97 Å². The van der Waals surface area contributed by atoms with E-state index >= 15 is 0 Å². The van der Waals surface area contributed by atoms with Crippen LogP contribution in [0.1, 0.15) is 9.81 Å². The van der Waals surface area contributed by atoms with Crippen LogP contribution in [0.5, 0.6) is 0 Å². The average Bonchev–Trinajstić information content (AvgIpc) is 3.13. The Bertz CT molecular complexity index is 1090. The second kappa shape index (κ2) is 3.43. The van der Waals surface area contributed by atoms with Crippen LogP contribution < -0.4 is 4.57 Å². The van der Waals surface area contributed by atoms with Crippen LogP contribution in [0.15, 0.2) is 36.7 Å². The van der Waals surface area contributed by atoms with E-state index in [-0.39, 0.29) is 0 Å². The number of rotatable bonds is 0. The van der Waals surface area contributed by atoms with Gasteiger partial charge in [0.05, 0.1) is 22.3 Å². The van der Waals surface area contributed by atoms with Gasteiger partial charge in [0.1, 0.15) is 12.1 Å². The Morgan fingerprint density at radius 2 is 2.20 bits per heavy atom. The van der Waals surface area contributed by atoms with Crippen molar-refractivity contribution in [2.75, 3.05) is 0 Å². The van der Waals surface area contributed by atoms with Crippen LogP contribution in [0.25, 0.3) is 32.0 Å². The average molecular weight is 282 g/mol. The van der Waals surface area contributed by atoms with Gasteiger partial charge in [-0.25, -0.2) is 9.13 Å². The summed E-state index contributed by atoms with van der Waals surface area (Å²) in [5.74, 6) is 0. The number of pyridine rings is 2. The van der Waals surface area contributed by atoms with Crippen LogP contribution in [-0.4, -0.2) is 14.5 Å². The second-order valence-corrected chi connectivity index (χ2v) is 5.85. The molecule has 1 aliphatic heterocycles. The summed E-state index contributed by atoms with van der Waals surface area (Å²) in [6.45, 7) is -1.66. The highest BCUT2D eigenvalue weighted by Crippen LogP contribution is 2.38. The smallest absolute Gasteiger partial charge is 0.256 e. The van der Waals surface area contributed by atoms with Gasteiger partial charge in [-0.05, 0) is 24.3 Å². The Balaban J connectivity index is 1.97. The number of fused-ring (bicyclic) bond motifs is 7. The fraction of sp³-hybridized carbons (Fsp3) is 0.133. The van der Waals surface area contributed by atoms with E-state index in [1.54, 1.807) is 29.8 Å². The number of hydrogen-bond donors (Lipinski definition) is 0. The molecule has 0 atom stereocenters. The standard InChI is InChI=1S/C15H11N4S/c1-18-11-5-3-7-17-12(11)13-14(18)19-8-10-9(15(19)20-13)4-2-6-16-10/h2-7H,8H2,1H3/q+1/i1D3. The molecule has 0 bridgehead atoms. The third kappa shape index (κ3) is 1.10. The van der Waals surface area contributed by atoms with Crippen LogP contribution in [0.2, 0.25) is 0 Å². The zero-order chi connectivity index (χ0) is 15.8. The van der Waals surface area contributed by atoms with Crippen molar-refractivity contribution in [1.29, 1.82) is 0 Å². The highest BCUT2D eigenvalue weighted by atomic mass is 32.1. The molecule has 0 radical (unpaired) electrons. The van der Waals surface area contributed by atoms with Crippen molar-refractivity contribution in [3.63, 3.8) is 0 Å². The predicted molar refractivity (Wildman–Crippen MR) is 78.6 cm³/mol. The fourth-order valence-corrected chi connectivity index (χ4v) is 4.21. The van der Waals surface area contributed by atoms with Gasteiger partial charge >= 0.3 is 5.65 Å². The highest BCUT2D eigenvalue weighted by Gasteiger charge is 2.33. The van der Waals surface area contributed by atoms with Crippen molar-refractivity contribution in [3.05, 3.63) is 42.4 Å². The van der Waals surface area contributed by atoms with Gasteiger partial charge in [-0.2, -0.15) is 0 Å². The van der Waals surface area contributed by atoms with Gasteiger partial charge in [0.25, 0.3) is 0 Å². The van der Waals surface area contributed by atoms with Crippen LogP contribution in [-0.2, 0) is 13.5 Å². The number of aryl methyl sites for hydroxylation is 1. The van der Waals surface area contributed by atoms with Gasteiger partial charge in [0.15, 0.2) is 15.2 Å². The van der Waals surface area contributed by atoms with Crippen molar-refractivity contribution < 1.29 is 8.68 Å². The maximum absolute atomic E-state index is 7.96. The molecule has 96 valence electrons. The third-order valence-corrected chi connectivity index (χ3v) is 5.00. The van der Waals surface area contributed by atoms with E-state index < -0.39 is 6.98 Å². The van der Waals surface area contributed by atoms with Crippen molar-refractivity contribution in [2.45, 2.75) is 6.54 Å². The molecule has 0 aliphatic carbocycles. The van der Waals surface area contributed by atoms with E-state index in [1.165, 1.54) is 4.57 Å². The summed E-state index contributed by atoms with van der Waals surface area (Å²) in [6, 6.07) is 7.53. The summed E-state index contributed by atoms with van der Waals surface area (Å²) in [6.07, 6.45) is 3.48. The summed E-state index contributed by atoms with van der Waals surface area (Å²) in [5.41, 5.74) is 4.16. The normalized spacial score (nSPS) is 15.9. The summed E-state index contributed by atoms with van der Waals surface area (Å²) in [5, 5.41) is 1.05. The molecule has 0 aromatic carbocycles. The molecule has 5 heterocycles. The molecule has 0 N–H and O–H groups in total. The van der Waals surface area contributed by atoms with E-state index in [4.69, 9.17) is 4.11 Å². The summed E-state index contributed by atoms with van der Waals surface area (Å²) < 4.78 is 28.3. The summed E-state index contributed by atoms with van der Waals surface area (Å²) >= 11 is 1.59. The van der Waals surface area contributed by atoms with Crippen LogP contribution in [0.4, 0.5) is 0 Å². The SMILES string of the molecule is [2H]C([2H])([2H])n1c2cccnc2c2sc3[n+](c21)Cc1ncccc1-3. The molecule has 0 amide bonds. The molecule has 5 rings (SSSR count). The zero-order valence-corrected chi connectivity index (χ0v) is 11.2. The van der Waals surface area contributed by atoms with Crippen LogP contribution in [0.3, 0.4) is 0 Å². The topological polar surface area (TPSA) is 34.6 Å². The van der Waals surface area contributed by atoms with Gasteiger partial charge in [-0.15, -0.1) is 0 Å². The van der Waals surface area contributed by atoms with Gasteiger partial charge in [-0.3, -0.25) is 9.97 Å². The fourth-order valence-electron chi connectivity index (χ4n) is 2.91. The number of thiazole rings is 1. The number of aromatic nitrogens is 4. The molecule has 0 fully saturated rings. The molecular formula is C15H11N4S+. The van der Waals surface area contributed by atoms with Gasteiger partial charge in [0.2, 0.25) is 0 Å². The minimum absolute atomic E-state index is 0.595. The van der Waals surface area contributed by atoms with Crippen molar-refractivity contribution in [2.24, 2.45) is 6.98 Å². The number of hydrogen-bond acceptors (Lipinski definition) is 3. The maximum Gasteiger partial charge on any atom is 0.303 e. The number of nitrogens with zero attached hydrogens (tertiary/aromatic N) is 4. The monoisotopic (exact) mass is 282 g/mol. The maximum atomic E-state index is 7.96. The Morgan fingerprint density at radius 1 is 1.30 bits per heavy atom. The lowest BCUT2D eigenvalue weighted by Crippen LogP contribution is -2.32. The van der Waals surface area contributed by atoms with E-state index in [0.29, 0.717) is 17.7 Å². The molecule has 0 spiro atoms. The van der Waals surface area contributed by atoms with Gasteiger partial charge in [-0.1, -0.05) is 11.3 Å². The molecule has 20 heavy (non-hydrogen) atoms.